The molecule has 2 N–H and O–H groups in total. The van der Waals surface area contributed by atoms with E-state index in [0.717, 1.165) is 10.5 Å². The average Bonchev–Trinajstić information content (AvgIpc) is 2.50. The lowest BCUT2D eigenvalue weighted by molar-refractivity contribution is -0.150. The second-order valence-electron chi connectivity index (χ2n) is 5.44. The third-order valence-corrected chi connectivity index (χ3v) is 3.91. The molecule has 0 aromatic heterocycles. The summed E-state index contributed by atoms with van der Waals surface area (Å²) in [4.78, 5) is 36.4. The minimum Gasteiger partial charge on any atom is -0.477 e. The molecule has 1 fully saturated rings. The third-order valence-electron chi connectivity index (χ3n) is 3.47. The summed E-state index contributed by atoms with van der Waals surface area (Å²) in [6, 6.07) is 8.17. The number of likely N-dealkylation sites (tertiary alicyclic amines) is 1. The Bertz CT molecular complexity index is 668. The Morgan fingerprint density at radius 1 is 1.26 bits per heavy atom. The second-order valence-corrected chi connectivity index (χ2v) is 5.89. The highest BCUT2D eigenvalue weighted by atomic mass is 35.5. The van der Waals surface area contributed by atoms with E-state index in [-0.39, 0.29) is 18.0 Å². The molecule has 23 heavy (non-hydrogen) atoms. The first-order chi connectivity index (χ1) is 10.8. The van der Waals surface area contributed by atoms with Gasteiger partial charge in [-0.2, -0.15) is 0 Å². The van der Waals surface area contributed by atoms with Crippen LogP contribution >= 0.6 is 11.6 Å². The molecule has 0 aliphatic carbocycles. The van der Waals surface area contributed by atoms with E-state index in [1.807, 2.05) is 18.2 Å². The first-order valence-electron chi connectivity index (χ1n) is 7.04. The van der Waals surface area contributed by atoms with Crippen molar-refractivity contribution in [3.8, 4) is 0 Å². The number of carboxylic acids is 1. The number of benzene rings is 1. The van der Waals surface area contributed by atoms with E-state index >= 15 is 0 Å². The Balaban J connectivity index is 2.02. The van der Waals surface area contributed by atoms with Gasteiger partial charge in [-0.25, -0.2) is 4.79 Å². The number of β-lactam (4-membered cyclic amide) rings is 1. The maximum atomic E-state index is 12.1. The Kier molecular flexibility index (Phi) is 5.05. The van der Waals surface area contributed by atoms with Crippen molar-refractivity contribution in [2.24, 2.45) is 0 Å². The van der Waals surface area contributed by atoms with Crippen LogP contribution in [0.5, 0.6) is 0 Å². The summed E-state index contributed by atoms with van der Waals surface area (Å²) in [5, 5.41) is 11.7. The Hall–Kier alpha value is -2.34. The molecule has 2 rings (SSSR count). The lowest BCUT2D eigenvalue weighted by atomic mass is 10.0. The van der Waals surface area contributed by atoms with E-state index < -0.39 is 23.4 Å². The van der Waals surface area contributed by atoms with Crippen LogP contribution in [0.15, 0.2) is 41.6 Å². The molecule has 2 amide bonds. The maximum Gasteiger partial charge on any atom is 0.352 e. The Morgan fingerprint density at radius 3 is 2.35 bits per heavy atom. The molecule has 0 bridgehead atoms. The van der Waals surface area contributed by atoms with Crippen molar-refractivity contribution in [3.05, 3.63) is 47.2 Å². The van der Waals surface area contributed by atoms with Crippen LogP contribution < -0.4 is 5.32 Å². The van der Waals surface area contributed by atoms with E-state index in [2.05, 4.69) is 5.32 Å². The van der Waals surface area contributed by atoms with E-state index in [1.54, 1.807) is 26.0 Å². The molecule has 1 aliphatic heterocycles. The second kappa shape index (κ2) is 6.83. The monoisotopic (exact) mass is 336 g/mol. The first kappa shape index (κ1) is 17.0. The fourth-order valence-electron chi connectivity index (χ4n) is 2.38. The number of hydrogen-bond donors (Lipinski definition) is 2. The minimum absolute atomic E-state index is 0.128. The van der Waals surface area contributed by atoms with Crippen LogP contribution in [0.25, 0.3) is 0 Å². The summed E-state index contributed by atoms with van der Waals surface area (Å²) in [6.45, 7) is 3.17. The summed E-state index contributed by atoms with van der Waals surface area (Å²) < 4.78 is 0. The summed E-state index contributed by atoms with van der Waals surface area (Å²) in [5.74, 6) is -2.09. The molecule has 2 atom stereocenters. The highest BCUT2D eigenvalue weighted by molar-refractivity contribution is 6.27. The molecule has 1 heterocycles. The lowest BCUT2D eigenvalue weighted by Gasteiger charge is -2.43. The van der Waals surface area contributed by atoms with Crippen LogP contribution in [0.1, 0.15) is 19.4 Å². The van der Waals surface area contributed by atoms with Gasteiger partial charge in [0.2, 0.25) is 5.91 Å². The molecule has 2 unspecified atom stereocenters. The molecule has 1 aromatic rings. The number of aliphatic carboxylic acids is 1. The Labute approximate surface area is 138 Å². The average molecular weight is 337 g/mol. The van der Waals surface area contributed by atoms with Crippen LogP contribution in [0, 0.1) is 0 Å². The summed E-state index contributed by atoms with van der Waals surface area (Å²) in [7, 11) is 0. The van der Waals surface area contributed by atoms with Gasteiger partial charge in [0.15, 0.2) is 0 Å². The van der Waals surface area contributed by atoms with Crippen molar-refractivity contribution in [3.63, 3.8) is 0 Å². The number of carbonyl (C=O) groups is 3. The van der Waals surface area contributed by atoms with Crippen molar-refractivity contribution in [1.82, 2.24) is 10.2 Å². The first-order valence-corrected chi connectivity index (χ1v) is 7.47. The Morgan fingerprint density at radius 2 is 1.87 bits per heavy atom. The molecule has 0 spiro atoms. The van der Waals surface area contributed by atoms with E-state index in [0.29, 0.717) is 5.57 Å². The van der Waals surface area contributed by atoms with Crippen molar-refractivity contribution >= 4 is 29.4 Å². The van der Waals surface area contributed by atoms with Gasteiger partial charge in [0.05, 0.1) is 6.42 Å². The molecule has 1 saturated heterocycles. The van der Waals surface area contributed by atoms with Crippen molar-refractivity contribution in [2.45, 2.75) is 31.8 Å². The molecule has 1 aliphatic rings. The standard InChI is InChI=1S/C16H17ClN2O4/c1-9(2)13(16(22)23)19-14(17)12(15(19)21)18-11(20)8-10-6-4-3-5-7-10/h3-7,12,14H,8H2,1-2H3,(H,18,20)(H,22,23). The zero-order valence-corrected chi connectivity index (χ0v) is 13.5. The van der Waals surface area contributed by atoms with E-state index in [9.17, 15) is 19.5 Å². The molecule has 6 nitrogen and oxygen atoms in total. The van der Waals surface area contributed by atoms with Gasteiger partial charge in [-0.15, -0.1) is 0 Å². The minimum atomic E-state index is -1.22. The number of alkyl halides is 1. The quantitative estimate of drug-likeness (QED) is 0.369. The van der Waals surface area contributed by atoms with E-state index in [1.165, 1.54) is 0 Å². The number of nitrogens with one attached hydrogen (secondary N) is 1. The normalized spacial score (nSPS) is 19.8. The van der Waals surface area contributed by atoms with Crippen LogP contribution in [0.4, 0.5) is 0 Å². The van der Waals surface area contributed by atoms with Gasteiger partial charge < -0.3 is 10.4 Å². The fraction of sp³-hybridized carbons (Fsp3) is 0.312. The van der Waals surface area contributed by atoms with Crippen molar-refractivity contribution < 1.29 is 19.5 Å². The predicted molar refractivity (Wildman–Crippen MR) is 84.6 cm³/mol. The molecule has 7 heteroatoms. The SMILES string of the molecule is CC(C)=C(C(=O)O)N1C(=O)C(NC(=O)Cc2ccccc2)C1Cl. The van der Waals surface area contributed by atoms with Gasteiger partial charge in [-0.3, -0.25) is 14.5 Å². The zero-order valence-electron chi connectivity index (χ0n) is 12.7. The predicted octanol–water partition coefficient (Wildman–Crippen LogP) is 1.50. The van der Waals surface area contributed by atoms with Crippen LogP contribution in [0.2, 0.25) is 0 Å². The van der Waals surface area contributed by atoms with Gasteiger partial charge in [0.1, 0.15) is 17.2 Å². The van der Waals surface area contributed by atoms with E-state index in [4.69, 9.17) is 11.6 Å². The van der Waals surface area contributed by atoms with Gasteiger partial charge in [0.25, 0.3) is 5.91 Å². The number of hydrogen-bond acceptors (Lipinski definition) is 3. The van der Waals surface area contributed by atoms with Gasteiger partial charge in [0, 0.05) is 0 Å². The number of rotatable bonds is 5. The highest BCUT2D eigenvalue weighted by Gasteiger charge is 2.50. The van der Waals surface area contributed by atoms with Gasteiger partial charge in [-0.1, -0.05) is 41.9 Å². The van der Waals surface area contributed by atoms with Crippen molar-refractivity contribution in [2.75, 3.05) is 0 Å². The summed E-state index contributed by atoms with van der Waals surface area (Å²) >= 11 is 6.10. The maximum absolute atomic E-state index is 12.1. The van der Waals surface area contributed by atoms with Crippen LogP contribution in [0.3, 0.4) is 0 Å². The van der Waals surface area contributed by atoms with Gasteiger partial charge in [-0.05, 0) is 25.0 Å². The number of allylic oxidation sites excluding steroid dienone is 1. The largest absolute Gasteiger partial charge is 0.477 e. The fourth-order valence-corrected chi connectivity index (χ4v) is 2.75. The van der Waals surface area contributed by atoms with Crippen LogP contribution in [-0.2, 0) is 20.8 Å². The molecule has 122 valence electrons. The number of amides is 2. The zero-order chi connectivity index (χ0) is 17.1. The molecule has 1 aromatic carbocycles. The third kappa shape index (κ3) is 3.53. The molecular weight excluding hydrogens is 320 g/mol. The summed E-state index contributed by atoms with van der Waals surface area (Å²) in [5.41, 5.74) is 0.215. The van der Waals surface area contributed by atoms with Crippen LogP contribution in [-0.4, -0.2) is 39.3 Å². The highest BCUT2D eigenvalue weighted by Crippen LogP contribution is 2.30. The molecule has 0 saturated carbocycles. The smallest absolute Gasteiger partial charge is 0.352 e. The number of carboxylic acid groups (broad SMARTS) is 1. The number of nitrogens with zero attached hydrogens (tertiary/aromatic N) is 1. The van der Waals surface area contributed by atoms with Crippen molar-refractivity contribution in [1.29, 1.82) is 0 Å². The summed E-state index contributed by atoms with van der Waals surface area (Å²) in [6.07, 6.45) is 0.128. The topological polar surface area (TPSA) is 86.7 Å². The molecule has 0 radical (unpaired) electrons. The lowest BCUT2D eigenvalue weighted by Crippen LogP contribution is -2.68. The molecular formula is C16H17ClN2O4. The van der Waals surface area contributed by atoms with Gasteiger partial charge >= 0.3 is 5.97 Å². The number of halogens is 1. The number of carbonyl (C=O) groups excluding carboxylic acids is 2.